The van der Waals surface area contributed by atoms with Gasteiger partial charge < -0.3 is 10.4 Å². The first-order valence-corrected chi connectivity index (χ1v) is 9.77. The van der Waals surface area contributed by atoms with Crippen molar-refractivity contribution >= 4 is 21.9 Å². The van der Waals surface area contributed by atoms with E-state index in [1.54, 1.807) is 0 Å². The Hall–Kier alpha value is -2.37. The first-order valence-electron chi connectivity index (χ1n) is 8.29. The number of carbonyl (C=O) groups excluding carboxylic acids is 1. The fourth-order valence-electron chi connectivity index (χ4n) is 2.94. The predicted octanol–water partition coefficient (Wildman–Crippen LogP) is 1.36. The molecule has 0 unspecified atom stereocenters. The molecule has 1 fully saturated rings. The summed E-state index contributed by atoms with van der Waals surface area (Å²) in [5.74, 6) is 1.02. The van der Waals surface area contributed by atoms with E-state index < -0.39 is 27.4 Å². The lowest BCUT2D eigenvalue weighted by molar-refractivity contribution is -0.146. The minimum Gasteiger partial charge on any atom is -0.480 e. The second-order valence-electron chi connectivity index (χ2n) is 6.58. The van der Waals surface area contributed by atoms with E-state index in [1.807, 2.05) is 0 Å². The minimum absolute atomic E-state index is 0.0243. The number of hydrogen-bond acceptors (Lipinski definition) is 4. The number of carboxylic acids is 1. The summed E-state index contributed by atoms with van der Waals surface area (Å²) in [5, 5.41) is 12.2. The zero-order chi connectivity index (χ0) is 19.4. The predicted molar refractivity (Wildman–Crippen MR) is 95.9 cm³/mol. The van der Waals surface area contributed by atoms with Crippen LogP contribution in [0.15, 0.2) is 29.2 Å². The van der Waals surface area contributed by atoms with Gasteiger partial charge in [0.2, 0.25) is 10.0 Å². The van der Waals surface area contributed by atoms with Crippen LogP contribution in [0.2, 0.25) is 0 Å². The summed E-state index contributed by atoms with van der Waals surface area (Å²) in [6, 6.07) is 5.26. The number of rotatable bonds is 6. The highest BCUT2D eigenvalue weighted by Crippen LogP contribution is 2.32. The standard InChI is InChI=1S/C18H22N2O5S/c1-3-12-19-26(24,25)15-6-4-14(5-7-15)16(21)20-18(17(22)23)10-8-13(2)9-11-18/h1,4-7,13,19H,8-12H2,2H3,(H,20,21)(H,22,23). The van der Waals surface area contributed by atoms with Crippen LogP contribution in [0.25, 0.3) is 0 Å². The van der Waals surface area contributed by atoms with Gasteiger partial charge in [0, 0.05) is 5.56 Å². The van der Waals surface area contributed by atoms with E-state index in [0.29, 0.717) is 18.8 Å². The Morgan fingerprint density at radius 2 is 1.85 bits per heavy atom. The smallest absolute Gasteiger partial charge is 0.329 e. The number of carbonyl (C=O) groups is 2. The topological polar surface area (TPSA) is 113 Å². The number of nitrogens with one attached hydrogen (secondary N) is 2. The van der Waals surface area contributed by atoms with Gasteiger partial charge in [0.1, 0.15) is 5.54 Å². The Kier molecular flexibility index (Phi) is 6.05. The Bertz CT molecular complexity index is 816. The van der Waals surface area contributed by atoms with Gasteiger partial charge in [-0.05, 0) is 55.9 Å². The number of terminal acetylenes is 1. The van der Waals surface area contributed by atoms with Crippen LogP contribution in [0.3, 0.4) is 0 Å². The van der Waals surface area contributed by atoms with Gasteiger partial charge in [-0.3, -0.25) is 4.79 Å². The van der Waals surface area contributed by atoms with Crippen molar-refractivity contribution in [2.45, 2.75) is 43.0 Å². The Morgan fingerprint density at radius 3 is 2.35 bits per heavy atom. The van der Waals surface area contributed by atoms with Gasteiger partial charge >= 0.3 is 5.97 Å². The molecule has 0 atom stereocenters. The molecule has 0 heterocycles. The molecular formula is C18H22N2O5S. The van der Waals surface area contributed by atoms with E-state index in [2.05, 4.69) is 22.9 Å². The van der Waals surface area contributed by atoms with Crippen LogP contribution in [0.4, 0.5) is 0 Å². The normalized spacial score (nSPS) is 23.0. The van der Waals surface area contributed by atoms with Crippen molar-refractivity contribution in [2.75, 3.05) is 6.54 Å². The largest absolute Gasteiger partial charge is 0.480 e. The van der Waals surface area contributed by atoms with Crippen LogP contribution < -0.4 is 10.0 Å². The fraction of sp³-hybridized carbons (Fsp3) is 0.444. The highest BCUT2D eigenvalue weighted by atomic mass is 32.2. The van der Waals surface area contributed by atoms with E-state index in [0.717, 1.165) is 12.8 Å². The number of carboxylic acid groups (broad SMARTS) is 1. The molecule has 8 heteroatoms. The first-order chi connectivity index (χ1) is 12.2. The van der Waals surface area contributed by atoms with Gasteiger partial charge in [-0.15, -0.1) is 6.42 Å². The zero-order valence-electron chi connectivity index (χ0n) is 14.5. The lowest BCUT2D eigenvalue weighted by Crippen LogP contribution is -2.56. The van der Waals surface area contributed by atoms with Crippen LogP contribution in [-0.4, -0.2) is 37.5 Å². The van der Waals surface area contributed by atoms with E-state index in [9.17, 15) is 23.1 Å². The molecule has 1 aromatic carbocycles. The lowest BCUT2D eigenvalue weighted by Gasteiger charge is -2.36. The summed E-state index contributed by atoms with van der Waals surface area (Å²) in [4.78, 5) is 24.2. The highest BCUT2D eigenvalue weighted by Gasteiger charge is 2.42. The highest BCUT2D eigenvalue weighted by molar-refractivity contribution is 7.89. The third-order valence-corrected chi connectivity index (χ3v) is 6.10. The van der Waals surface area contributed by atoms with Crippen molar-refractivity contribution in [1.82, 2.24) is 10.0 Å². The summed E-state index contributed by atoms with van der Waals surface area (Å²) in [6.45, 7) is 1.92. The van der Waals surface area contributed by atoms with Crippen molar-refractivity contribution in [3.63, 3.8) is 0 Å². The molecule has 0 spiro atoms. The quantitative estimate of drug-likeness (QED) is 0.647. The summed E-state index contributed by atoms with van der Waals surface area (Å²) in [6.07, 6.45) is 7.23. The average Bonchev–Trinajstić information content (AvgIpc) is 2.62. The first kappa shape index (κ1) is 19.9. The molecule has 1 aliphatic carbocycles. The summed E-state index contributed by atoms with van der Waals surface area (Å²) in [5.41, 5.74) is -1.08. The number of hydrogen-bond donors (Lipinski definition) is 3. The monoisotopic (exact) mass is 378 g/mol. The van der Waals surface area contributed by atoms with Gasteiger partial charge in [-0.1, -0.05) is 12.8 Å². The van der Waals surface area contributed by atoms with E-state index >= 15 is 0 Å². The maximum atomic E-state index is 12.5. The maximum absolute atomic E-state index is 12.5. The second kappa shape index (κ2) is 7.89. The van der Waals surface area contributed by atoms with Gasteiger partial charge in [-0.2, -0.15) is 4.72 Å². The molecule has 140 valence electrons. The molecule has 3 N–H and O–H groups in total. The molecule has 0 radical (unpaired) electrons. The van der Waals surface area contributed by atoms with E-state index in [4.69, 9.17) is 6.42 Å². The molecule has 7 nitrogen and oxygen atoms in total. The Balaban J connectivity index is 2.15. The molecule has 26 heavy (non-hydrogen) atoms. The van der Waals surface area contributed by atoms with Gasteiger partial charge in [0.15, 0.2) is 0 Å². The van der Waals surface area contributed by atoms with E-state index in [1.165, 1.54) is 24.3 Å². The summed E-state index contributed by atoms with van der Waals surface area (Å²) in [7, 11) is -3.74. The number of amides is 1. The zero-order valence-corrected chi connectivity index (χ0v) is 15.3. The molecule has 2 rings (SSSR count). The molecule has 1 aliphatic rings. The summed E-state index contributed by atoms with van der Waals surface area (Å²) >= 11 is 0. The molecule has 0 bridgehead atoms. The van der Waals surface area contributed by atoms with Crippen LogP contribution in [-0.2, 0) is 14.8 Å². The second-order valence-corrected chi connectivity index (χ2v) is 8.34. The Labute approximate surface area is 153 Å². The molecule has 1 amide bonds. The summed E-state index contributed by atoms with van der Waals surface area (Å²) < 4.78 is 26.2. The maximum Gasteiger partial charge on any atom is 0.329 e. The van der Waals surface area contributed by atoms with Crippen LogP contribution in [0, 0.1) is 18.3 Å². The molecule has 1 aromatic rings. The number of aliphatic carboxylic acids is 1. The van der Waals surface area contributed by atoms with Crippen molar-refractivity contribution < 1.29 is 23.1 Å². The van der Waals surface area contributed by atoms with Crippen LogP contribution in [0.1, 0.15) is 43.0 Å². The van der Waals surface area contributed by atoms with E-state index in [-0.39, 0.29) is 17.0 Å². The van der Waals surface area contributed by atoms with Gasteiger partial charge in [-0.25, -0.2) is 13.2 Å². The fourth-order valence-corrected chi connectivity index (χ4v) is 3.88. The molecule has 0 aliphatic heterocycles. The van der Waals surface area contributed by atoms with Crippen molar-refractivity contribution in [1.29, 1.82) is 0 Å². The molecular weight excluding hydrogens is 356 g/mol. The van der Waals surface area contributed by atoms with Crippen molar-refractivity contribution in [3.8, 4) is 12.3 Å². The lowest BCUT2D eigenvalue weighted by atomic mass is 9.77. The van der Waals surface area contributed by atoms with Crippen LogP contribution in [0.5, 0.6) is 0 Å². The van der Waals surface area contributed by atoms with Gasteiger partial charge in [0.25, 0.3) is 5.91 Å². The minimum atomic E-state index is -3.74. The molecule has 1 saturated carbocycles. The van der Waals surface area contributed by atoms with Gasteiger partial charge in [0.05, 0.1) is 11.4 Å². The SMILES string of the molecule is C#CCNS(=O)(=O)c1ccc(C(=O)NC2(C(=O)O)CCC(C)CC2)cc1. The number of sulfonamides is 1. The van der Waals surface area contributed by atoms with Crippen molar-refractivity contribution in [2.24, 2.45) is 5.92 Å². The third kappa shape index (κ3) is 4.42. The van der Waals surface area contributed by atoms with Crippen molar-refractivity contribution in [3.05, 3.63) is 29.8 Å². The molecule has 0 aromatic heterocycles. The third-order valence-electron chi connectivity index (χ3n) is 4.68. The number of benzene rings is 1. The van der Waals surface area contributed by atoms with Crippen LogP contribution >= 0.6 is 0 Å². The Morgan fingerprint density at radius 1 is 1.27 bits per heavy atom. The average molecular weight is 378 g/mol. The molecule has 0 saturated heterocycles.